The van der Waals surface area contributed by atoms with Gasteiger partial charge in [-0.25, -0.2) is 14.4 Å². The van der Waals surface area contributed by atoms with E-state index in [-0.39, 0.29) is 18.1 Å². The molecule has 0 unspecified atom stereocenters. The maximum Gasteiger partial charge on any atom is 0.231 e. The number of hydrogen-bond acceptors (Lipinski definition) is 5. The van der Waals surface area contributed by atoms with E-state index in [0.29, 0.717) is 23.1 Å². The fourth-order valence-electron chi connectivity index (χ4n) is 3.16. The zero-order chi connectivity index (χ0) is 20.5. The highest BCUT2D eigenvalue weighted by Gasteiger charge is 2.18. The summed E-state index contributed by atoms with van der Waals surface area (Å²) in [6.07, 6.45) is 3.37. The number of hydrogen-bond donors (Lipinski definition) is 1. The molecule has 5 rings (SSSR count). The molecule has 0 atom stereocenters. The number of thiazole rings is 1. The molecule has 148 valence electrons. The number of nitrogens with zero attached hydrogens (tertiary/aromatic N) is 3. The third-order valence-electron chi connectivity index (χ3n) is 4.55. The van der Waals surface area contributed by atoms with E-state index in [1.807, 2.05) is 41.9 Å². The van der Waals surface area contributed by atoms with Crippen LogP contribution in [0.15, 0.2) is 76.9 Å². The van der Waals surface area contributed by atoms with Crippen LogP contribution < -0.4 is 5.32 Å². The number of benzene rings is 2. The number of anilines is 1. The van der Waals surface area contributed by atoms with Crippen LogP contribution in [0.1, 0.15) is 5.69 Å². The van der Waals surface area contributed by atoms with Crippen LogP contribution in [0.5, 0.6) is 0 Å². The van der Waals surface area contributed by atoms with Gasteiger partial charge in [0.2, 0.25) is 11.8 Å². The van der Waals surface area contributed by atoms with Gasteiger partial charge >= 0.3 is 0 Å². The van der Waals surface area contributed by atoms with Gasteiger partial charge in [-0.1, -0.05) is 18.2 Å². The normalized spacial score (nSPS) is 11.1. The van der Waals surface area contributed by atoms with Crippen molar-refractivity contribution >= 4 is 28.0 Å². The fraction of sp³-hybridized carbons (Fsp3) is 0.0455. The summed E-state index contributed by atoms with van der Waals surface area (Å²) in [5, 5.41) is 4.81. The molecule has 1 N–H and O–H groups in total. The number of halogens is 1. The van der Waals surface area contributed by atoms with Crippen molar-refractivity contribution in [3.63, 3.8) is 0 Å². The van der Waals surface area contributed by atoms with Crippen molar-refractivity contribution in [1.29, 1.82) is 0 Å². The number of imidazole rings is 1. The minimum absolute atomic E-state index is 0.0521. The van der Waals surface area contributed by atoms with Crippen LogP contribution in [0.2, 0.25) is 0 Å². The second-order valence-electron chi connectivity index (χ2n) is 6.61. The first kappa shape index (κ1) is 18.3. The summed E-state index contributed by atoms with van der Waals surface area (Å²) in [7, 11) is 0. The highest BCUT2D eigenvalue weighted by atomic mass is 32.1. The summed E-state index contributed by atoms with van der Waals surface area (Å²) < 4.78 is 20.6. The van der Waals surface area contributed by atoms with Crippen molar-refractivity contribution in [2.45, 2.75) is 6.42 Å². The van der Waals surface area contributed by atoms with Crippen molar-refractivity contribution in [1.82, 2.24) is 14.4 Å². The van der Waals surface area contributed by atoms with Gasteiger partial charge in [-0.15, -0.1) is 11.3 Å². The van der Waals surface area contributed by atoms with Gasteiger partial charge in [0, 0.05) is 22.7 Å². The van der Waals surface area contributed by atoms with Crippen molar-refractivity contribution in [3.8, 4) is 22.7 Å². The van der Waals surface area contributed by atoms with E-state index < -0.39 is 0 Å². The standard InChI is InChI=1S/C22H15FN4O2S/c23-16-8-6-14(7-9-16)19-20(27-10-11-30-22(27)26-19)25-18(28)12-17-13-29-21(24-17)15-4-2-1-3-5-15/h1-11,13H,12H2,(H,25,28). The molecule has 0 aliphatic carbocycles. The molecule has 0 saturated carbocycles. The molecular formula is C22H15FN4O2S. The van der Waals surface area contributed by atoms with E-state index in [0.717, 1.165) is 16.1 Å². The van der Waals surface area contributed by atoms with Gasteiger partial charge < -0.3 is 9.73 Å². The first-order valence-electron chi connectivity index (χ1n) is 9.18. The quantitative estimate of drug-likeness (QED) is 0.434. The van der Waals surface area contributed by atoms with E-state index in [4.69, 9.17) is 4.42 Å². The molecule has 0 saturated heterocycles. The SMILES string of the molecule is O=C(Cc1coc(-c2ccccc2)n1)Nc1c(-c2ccc(F)cc2)nc2sccn12. The second kappa shape index (κ2) is 7.57. The summed E-state index contributed by atoms with van der Waals surface area (Å²) in [5.41, 5.74) is 2.68. The zero-order valence-electron chi connectivity index (χ0n) is 15.6. The van der Waals surface area contributed by atoms with E-state index in [9.17, 15) is 9.18 Å². The Hall–Kier alpha value is -3.78. The molecule has 30 heavy (non-hydrogen) atoms. The smallest absolute Gasteiger partial charge is 0.231 e. The molecule has 0 aliphatic rings. The molecule has 0 bridgehead atoms. The minimum atomic E-state index is -0.328. The average molecular weight is 418 g/mol. The second-order valence-corrected chi connectivity index (χ2v) is 7.48. The summed E-state index contributed by atoms with van der Waals surface area (Å²) in [6, 6.07) is 15.5. The Morgan fingerprint density at radius 1 is 1.07 bits per heavy atom. The first-order chi connectivity index (χ1) is 14.7. The van der Waals surface area contributed by atoms with E-state index in [2.05, 4.69) is 15.3 Å². The molecule has 5 aromatic rings. The third kappa shape index (κ3) is 3.48. The van der Waals surface area contributed by atoms with Gasteiger partial charge in [-0.05, 0) is 36.4 Å². The predicted molar refractivity (Wildman–Crippen MR) is 113 cm³/mol. The monoisotopic (exact) mass is 418 g/mol. The lowest BCUT2D eigenvalue weighted by atomic mass is 10.1. The van der Waals surface area contributed by atoms with Crippen LogP contribution in [-0.4, -0.2) is 20.3 Å². The van der Waals surface area contributed by atoms with Crippen molar-refractivity contribution in [2.75, 3.05) is 5.32 Å². The summed E-state index contributed by atoms with van der Waals surface area (Å²) in [5.74, 6) is 0.425. The Morgan fingerprint density at radius 2 is 1.87 bits per heavy atom. The van der Waals surface area contributed by atoms with Crippen molar-refractivity contribution < 1.29 is 13.6 Å². The molecule has 3 heterocycles. The fourth-order valence-corrected chi connectivity index (χ4v) is 3.87. The van der Waals surface area contributed by atoms with Crippen molar-refractivity contribution in [2.24, 2.45) is 0 Å². The summed E-state index contributed by atoms with van der Waals surface area (Å²) in [6.45, 7) is 0. The molecule has 1 amide bonds. The maximum absolute atomic E-state index is 13.3. The molecule has 0 aliphatic heterocycles. The van der Waals surface area contributed by atoms with Crippen LogP contribution in [-0.2, 0) is 11.2 Å². The van der Waals surface area contributed by atoms with Crippen LogP contribution in [0, 0.1) is 5.82 Å². The molecule has 0 fully saturated rings. The minimum Gasteiger partial charge on any atom is -0.444 e. The molecule has 0 radical (unpaired) electrons. The molecule has 8 heteroatoms. The van der Waals surface area contributed by atoms with Crippen LogP contribution in [0.4, 0.5) is 10.2 Å². The van der Waals surface area contributed by atoms with E-state index in [1.54, 1.807) is 16.5 Å². The Labute approximate surface area is 174 Å². The number of fused-ring (bicyclic) bond motifs is 1. The lowest BCUT2D eigenvalue weighted by molar-refractivity contribution is -0.115. The van der Waals surface area contributed by atoms with Gasteiger partial charge in [-0.3, -0.25) is 9.20 Å². The number of carbonyl (C=O) groups excluding carboxylic acids is 1. The largest absolute Gasteiger partial charge is 0.444 e. The van der Waals surface area contributed by atoms with E-state index >= 15 is 0 Å². The first-order valence-corrected chi connectivity index (χ1v) is 10.1. The van der Waals surface area contributed by atoms with E-state index in [1.165, 1.54) is 29.7 Å². The Morgan fingerprint density at radius 3 is 2.67 bits per heavy atom. The highest BCUT2D eigenvalue weighted by molar-refractivity contribution is 7.15. The number of nitrogens with one attached hydrogen (secondary N) is 1. The van der Waals surface area contributed by atoms with Crippen LogP contribution in [0.3, 0.4) is 0 Å². The lowest BCUT2D eigenvalue weighted by Gasteiger charge is -2.06. The number of carbonyl (C=O) groups is 1. The zero-order valence-corrected chi connectivity index (χ0v) is 16.4. The Kier molecular flexibility index (Phi) is 4.61. The summed E-state index contributed by atoms with van der Waals surface area (Å²) >= 11 is 1.45. The van der Waals surface area contributed by atoms with Gasteiger partial charge in [-0.2, -0.15) is 0 Å². The maximum atomic E-state index is 13.3. The van der Waals surface area contributed by atoms with Gasteiger partial charge in [0.15, 0.2) is 4.96 Å². The Bertz CT molecular complexity index is 1320. The molecule has 3 aromatic heterocycles. The van der Waals surface area contributed by atoms with Gasteiger partial charge in [0.05, 0.1) is 12.1 Å². The number of rotatable bonds is 5. The number of oxazole rings is 1. The lowest BCUT2D eigenvalue weighted by Crippen LogP contribution is -2.16. The van der Waals surface area contributed by atoms with Crippen LogP contribution >= 0.6 is 11.3 Å². The number of aromatic nitrogens is 3. The predicted octanol–water partition coefficient (Wildman–Crippen LogP) is 5.04. The Balaban J connectivity index is 1.40. The van der Waals surface area contributed by atoms with Crippen molar-refractivity contribution in [3.05, 3.63) is 83.9 Å². The van der Waals surface area contributed by atoms with Gasteiger partial charge in [0.1, 0.15) is 23.6 Å². The topological polar surface area (TPSA) is 72.4 Å². The number of amides is 1. The van der Waals surface area contributed by atoms with Gasteiger partial charge in [0.25, 0.3) is 0 Å². The third-order valence-corrected chi connectivity index (χ3v) is 5.31. The van der Waals surface area contributed by atoms with Crippen LogP contribution in [0.25, 0.3) is 27.7 Å². The average Bonchev–Trinajstić information content (AvgIpc) is 3.47. The molecule has 2 aromatic carbocycles. The highest BCUT2D eigenvalue weighted by Crippen LogP contribution is 2.31. The summed E-state index contributed by atoms with van der Waals surface area (Å²) in [4.78, 5) is 22.5. The molecule has 0 spiro atoms. The molecular weight excluding hydrogens is 403 g/mol. The molecule has 6 nitrogen and oxygen atoms in total.